The van der Waals surface area contributed by atoms with Crippen LogP contribution in [-0.2, 0) is 24.9 Å². The van der Waals surface area contributed by atoms with E-state index in [0.717, 1.165) is 23.2 Å². The van der Waals surface area contributed by atoms with Crippen molar-refractivity contribution in [3.8, 4) is 0 Å². The maximum Gasteiger partial charge on any atom is 0.254 e. The predicted octanol–water partition coefficient (Wildman–Crippen LogP) is 4.80. The lowest BCUT2D eigenvalue weighted by Crippen LogP contribution is -2.46. The Kier molecular flexibility index (Phi) is 7.87. The number of carbonyl (C=O) groups is 2. The first kappa shape index (κ1) is 23.3. The highest BCUT2D eigenvalue weighted by Gasteiger charge is 2.27. The molecule has 0 aliphatic carbocycles. The highest BCUT2D eigenvalue weighted by Crippen LogP contribution is 2.17. The van der Waals surface area contributed by atoms with Crippen molar-refractivity contribution < 1.29 is 9.59 Å². The van der Waals surface area contributed by atoms with Crippen LogP contribution in [0.25, 0.3) is 0 Å². The molecule has 0 saturated carbocycles. The molecule has 5 nitrogen and oxygen atoms in total. The van der Waals surface area contributed by atoms with Crippen LogP contribution in [0.4, 0.5) is 0 Å². The molecule has 0 aliphatic rings. The topological polar surface area (TPSA) is 45.6 Å². The van der Waals surface area contributed by atoms with Gasteiger partial charge in [-0.2, -0.15) is 0 Å². The molecular formula is C27H33N3O2. The van der Waals surface area contributed by atoms with Crippen LogP contribution in [0.5, 0.6) is 0 Å². The molecule has 0 unspecified atom stereocenters. The van der Waals surface area contributed by atoms with Gasteiger partial charge in [-0.3, -0.25) is 9.59 Å². The molecule has 2 aromatic carbocycles. The summed E-state index contributed by atoms with van der Waals surface area (Å²) in [5, 5.41) is 0. The number of aromatic nitrogens is 1. The molecule has 0 N–H and O–H groups in total. The van der Waals surface area contributed by atoms with Crippen LogP contribution in [0, 0.1) is 6.92 Å². The van der Waals surface area contributed by atoms with Gasteiger partial charge >= 0.3 is 0 Å². The Hall–Kier alpha value is -3.34. The summed E-state index contributed by atoms with van der Waals surface area (Å²) < 4.78 is 2.02. The zero-order chi connectivity index (χ0) is 23.1. The average Bonchev–Trinajstić information content (AvgIpc) is 3.21. The molecule has 0 saturated heterocycles. The lowest BCUT2D eigenvalue weighted by molar-refractivity contribution is -0.133. The minimum absolute atomic E-state index is 0.0420. The van der Waals surface area contributed by atoms with E-state index in [1.807, 2.05) is 110 Å². The Morgan fingerprint density at radius 3 is 2.25 bits per heavy atom. The summed E-state index contributed by atoms with van der Waals surface area (Å²) >= 11 is 0. The summed E-state index contributed by atoms with van der Waals surface area (Å²) in [5.41, 5.74) is 3.69. The van der Waals surface area contributed by atoms with Gasteiger partial charge in [0, 0.05) is 37.1 Å². The van der Waals surface area contributed by atoms with Crippen molar-refractivity contribution in [1.29, 1.82) is 0 Å². The smallest absolute Gasteiger partial charge is 0.254 e. The van der Waals surface area contributed by atoms with Gasteiger partial charge in [-0.05, 0) is 49.6 Å². The monoisotopic (exact) mass is 431 g/mol. The van der Waals surface area contributed by atoms with E-state index >= 15 is 0 Å². The Morgan fingerprint density at radius 2 is 1.62 bits per heavy atom. The fourth-order valence-corrected chi connectivity index (χ4v) is 3.75. The van der Waals surface area contributed by atoms with E-state index in [9.17, 15) is 9.59 Å². The SMILES string of the molecule is CC[C@@H](C)N(CC(=O)N(Cc1ccccc1)Cc1cccn1C)C(=O)c1ccccc1C. The summed E-state index contributed by atoms with van der Waals surface area (Å²) in [4.78, 5) is 30.5. The third-order valence-electron chi connectivity index (χ3n) is 6.04. The number of carbonyl (C=O) groups excluding carboxylic acids is 2. The number of hydrogen-bond acceptors (Lipinski definition) is 2. The molecule has 168 valence electrons. The van der Waals surface area contributed by atoms with E-state index in [0.29, 0.717) is 18.7 Å². The maximum absolute atomic E-state index is 13.6. The highest BCUT2D eigenvalue weighted by atomic mass is 16.2. The van der Waals surface area contributed by atoms with Gasteiger partial charge in [0.1, 0.15) is 6.54 Å². The van der Waals surface area contributed by atoms with Crippen LogP contribution in [0.2, 0.25) is 0 Å². The van der Waals surface area contributed by atoms with E-state index < -0.39 is 0 Å². The van der Waals surface area contributed by atoms with E-state index in [2.05, 4.69) is 0 Å². The molecule has 0 aliphatic heterocycles. The second-order valence-corrected chi connectivity index (χ2v) is 8.35. The summed E-state index contributed by atoms with van der Waals surface area (Å²) in [6.45, 7) is 7.02. The molecule has 0 radical (unpaired) electrons. The van der Waals surface area contributed by atoms with Crippen molar-refractivity contribution in [2.75, 3.05) is 6.54 Å². The molecule has 0 fully saturated rings. The molecule has 32 heavy (non-hydrogen) atoms. The van der Waals surface area contributed by atoms with Gasteiger partial charge in [0.25, 0.3) is 5.91 Å². The van der Waals surface area contributed by atoms with Crippen LogP contribution in [0.3, 0.4) is 0 Å². The summed E-state index contributed by atoms with van der Waals surface area (Å²) in [6, 6.07) is 21.5. The normalized spacial score (nSPS) is 11.8. The largest absolute Gasteiger partial charge is 0.353 e. The number of benzene rings is 2. The number of rotatable bonds is 9. The van der Waals surface area contributed by atoms with Crippen LogP contribution >= 0.6 is 0 Å². The van der Waals surface area contributed by atoms with Crippen molar-refractivity contribution in [1.82, 2.24) is 14.4 Å². The summed E-state index contributed by atoms with van der Waals surface area (Å²) in [6.07, 6.45) is 2.76. The highest BCUT2D eigenvalue weighted by molar-refractivity contribution is 5.97. The van der Waals surface area contributed by atoms with Crippen molar-refractivity contribution in [2.24, 2.45) is 7.05 Å². The number of hydrogen-bond donors (Lipinski definition) is 0. The van der Waals surface area contributed by atoms with E-state index in [-0.39, 0.29) is 24.4 Å². The molecule has 1 aromatic heterocycles. The number of amides is 2. The predicted molar refractivity (Wildman–Crippen MR) is 128 cm³/mol. The van der Waals surface area contributed by atoms with Gasteiger partial charge in [0.05, 0.1) is 6.54 Å². The summed E-state index contributed by atoms with van der Waals surface area (Å²) in [5.74, 6) is -0.151. The molecule has 1 heterocycles. The molecule has 3 rings (SSSR count). The van der Waals surface area contributed by atoms with Gasteiger partial charge in [-0.25, -0.2) is 0 Å². The standard InChI is InChI=1S/C27H33N3O2/c1-5-22(3)30(27(32)25-16-10-9-12-21(25)2)20-26(31)29(18-23-13-7-6-8-14-23)19-24-15-11-17-28(24)4/h6-17,22H,5,18-20H2,1-4H3/t22-/m1/s1. The fraction of sp³-hybridized carbons (Fsp3) is 0.333. The molecule has 2 amide bonds. The van der Waals surface area contributed by atoms with Gasteiger partial charge in [-0.15, -0.1) is 0 Å². The lowest BCUT2D eigenvalue weighted by Gasteiger charge is -2.32. The molecule has 0 bridgehead atoms. The average molecular weight is 432 g/mol. The molecular weight excluding hydrogens is 398 g/mol. The molecule has 5 heteroatoms. The van der Waals surface area contributed by atoms with Crippen LogP contribution in [0.15, 0.2) is 72.9 Å². The van der Waals surface area contributed by atoms with Gasteiger partial charge in [0.15, 0.2) is 0 Å². The number of aryl methyl sites for hydroxylation is 2. The van der Waals surface area contributed by atoms with Gasteiger partial charge in [0.2, 0.25) is 5.91 Å². The third kappa shape index (κ3) is 5.67. The van der Waals surface area contributed by atoms with Crippen LogP contribution < -0.4 is 0 Å². The zero-order valence-electron chi connectivity index (χ0n) is 19.5. The van der Waals surface area contributed by atoms with Crippen LogP contribution in [0.1, 0.15) is 47.4 Å². The van der Waals surface area contributed by atoms with Gasteiger partial charge in [-0.1, -0.05) is 55.5 Å². The van der Waals surface area contributed by atoms with E-state index in [4.69, 9.17) is 0 Å². The molecule has 3 aromatic rings. The second kappa shape index (κ2) is 10.8. The fourth-order valence-electron chi connectivity index (χ4n) is 3.75. The zero-order valence-corrected chi connectivity index (χ0v) is 19.5. The molecule has 0 spiro atoms. The minimum atomic E-state index is -0.0932. The van der Waals surface area contributed by atoms with Crippen molar-refractivity contribution in [2.45, 2.75) is 46.3 Å². The van der Waals surface area contributed by atoms with Crippen molar-refractivity contribution in [3.63, 3.8) is 0 Å². The Bertz CT molecular complexity index is 1040. The van der Waals surface area contributed by atoms with Crippen molar-refractivity contribution >= 4 is 11.8 Å². The quantitative estimate of drug-likeness (QED) is 0.488. The maximum atomic E-state index is 13.6. The van der Waals surface area contributed by atoms with E-state index in [1.54, 1.807) is 4.90 Å². The Labute approximate surface area is 191 Å². The first-order valence-electron chi connectivity index (χ1n) is 11.2. The first-order chi connectivity index (χ1) is 15.4. The minimum Gasteiger partial charge on any atom is -0.353 e. The molecule has 1 atom stereocenters. The summed E-state index contributed by atoms with van der Waals surface area (Å²) in [7, 11) is 1.98. The second-order valence-electron chi connectivity index (χ2n) is 8.35. The third-order valence-corrected chi connectivity index (χ3v) is 6.04. The lowest BCUT2D eigenvalue weighted by atomic mass is 10.1. The van der Waals surface area contributed by atoms with Crippen LogP contribution in [-0.4, -0.2) is 38.8 Å². The Balaban J connectivity index is 1.86. The Morgan fingerprint density at radius 1 is 0.938 bits per heavy atom. The van der Waals surface area contributed by atoms with E-state index in [1.165, 1.54) is 0 Å². The van der Waals surface area contributed by atoms with Gasteiger partial charge < -0.3 is 14.4 Å². The first-order valence-corrected chi connectivity index (χ1v) is 11.2. The van der Waals surface area contributed by atoms with Crippen molar-refractivity contribution in [3.05, 3.63) is 95.3 Å². The number of nitrogens with zero attached hydrogens (tertiary/aromatic N) is 3.